The number of piperazine rings is 1. The summed E-state index contributed by atoms with van der Waals surface area (Å²) in [6.07, 6.45) is 3.35. The molecule has 1 unspecified atom stereocenters. The molecular weight excluding hydrogens is 256 g/mol. The highest BCUT2D eigenvalue weighted by molar-refractivity contribution is 5.67. The second kappa shape index (κ2) is 7.21. The summed E-state index contributed by atoms with van der Waals surface area (Å²) >= 11 is 0. The van der Waals surface area contributed by atoms with Crippen molar-refractivity contribution >= 4 is 6.09 Å². The van der Waals surface area contributed by atoms with Crippen LogP contribution in [0.2, 0.25) is 0 Å². The first-order valence-corrected chi connectivity index (χ1v) is 7.02. The van der Waals surface area contributed by atoms with E-state index in [1.807, 2.05) is 19.1 Å². The summed E-state index contributed by atoms with van der Waals surface area (Å²) in [6, 6.07) is 4.17. The number of ether oxygens (including phenoxy) is 1. The molecule has 0 spiro atoms. The average Bonchev–Trinajstić information content (AvgIpc) is 2.50. The Kier molecular flexibility index (Phi) is 5.31. The van der Waals surface area contributed by atoms with Gasteiger partial charge in [0.15, 0.2) is 0 Å². The zero-order valence-corrected chi connectivity index (χ0v) is 11.9. The Balaban J connectivity index is 1.94. The van der Waals surface area contributed by atoms with Gasteiger partial charge in [-0.2, -0.15) is 0 Å². The molecule has 6 heteroatoms. The Morgan fingerprint density at radius 1 is 1.35 bits per heavy atom. The predicted octanol–water partition coefficient (Wildman–Crippen LogP) is 0.855. The fraction of sp³-hybridized carbons (Fsp3) is 0.571. The minimum Gasteiger partial charge on any atom is -0.450 e. The van der Waals surface area contributed by atoms with Crippen molar-refractivity contribution in [1.82, 2.24) is 14.8 Å². The Hall–Kier alpha value is -1.66. The topological polar surface area (TPSA) is 71.7 Å². The molecule has 0 aromatic carbocycles. The summed E-state index contributed by atoms with van der Waals surface area (Å²) in [7, 11) is 0. The minimum atomic E-state index is -0.222. The molecule has 1 fully saturated rings. The molecule has 6 nitrogen and oxygen atoms in total. The third-order valence-electron chi connectivity index (χ3n) is 3.60. The number of nitrogens with zero attached hydrogens (tertiary/aromatic N) is 3. The van der Waals surface area contributed by atoms with Crippen LogP contribution in [0, 0.1) is 0 Å². The molecule has 0 aliphatic carbocycles. The SMILES string of the molecule is CCOC(=O)N1CCN(C(CN)c2ccncc2)CC1. The van der Waals surface area contributed by atoms with E-state index in [9.17, 15) is 4.79 Å². The van der Waals surface area contributed by atoms with Gasteiger partial charge >= 0.3 is 6.09 Å². The van der Waals surface area contributed by atoms with Crippen LogP contribution in [0.4, 0.5) is 4.79 Å². The van der Waals surface area contributed by atoms with Crippen molar-refractivity contribution in [2.24, 2.45) is 5.73 Å². The van der Waals surface area contributed by atoms with Gasteiger partial charge in [-0.3, -0.25) is 9.88 Å². The average molecular weight is 278 g/mol. The second-order valence-electron chi connectivity index (χ2n) is 4.75. The van der Waals surface area contributed by atoms with Crippen LogP contribution in [0.15, 0.2) is 24.5 Å². The van der Waals surface area contributed by atoms with Crippen molar-refractivity contribution < 1.29 is 9.53 Å². The van der Waals surface area contributed by atoms with Crippen molar-refractivity contribution in [2.45, 2.75) is 13.0 Å². The molecule has 2 heterocycles. The first-order valence-electron chi connectivity index (χ1n) is 7.02. The van der Waals surface area contributed by atoms with Crippen molar-refractivity contribution in [2.75, 3.05) is 39.3 Å². The summed E-state index contributed by atoms with van der Waals surface area (Å²) < 4.78 is 5.02. The molecule has 20 heavy (non-hydrogen) atoms. The summed E-state index contributed by atoms with van der Waals surface area (Å²) in [6.45, 7) is 5.78. The molecule has 1 saturated heterocycles. The standard InChI is InChI=1S/C14H22N4O2/c1-2-20-14(19)18-9-7-17(8-10-18)13(11-15)12-3-5-16-6-4-12/h3-6,13H,2,7-11,15H2,1H3. The van der Waals surface area contributed by atoms with Gasteiger partial charge in [0.05, 0.1) is 6.61 Å². The molecule has 2 rings (SSSR count). The number of aromatic nitrogens is 1. The van der Waals surface area contributed by atoms with Crippen molar-refractivity contribution in [3.8, 4) is 0 Å². The molecule has 1 aromatic heterocycles. The van der Waals surface area contributed by atoms with Gasteiger partial charge in [-0.25, -0.2) is 4.79 Å². The van der Waals surface area contributed by atoms with Gasteiger partial charge in [0, 0.05) is 51.2 Å². The van der Waals surface area contributed by atoms with Gasteiger partial charge in [-0.1, -0.05) is 0 Å². The van der Waals surface area contributed by atoms with E-state index in [2.05, 4.69) is 9.88 Å². The molecule has 1 amide bonds. The van der Waals surface area contributed by atoms with Crippen LogP contribution in [0.1, 0.15) is 18.5 Å². The quantitative estimate of drug-likeness (QED) is 0.884. The monoisotopic (exact) mass is 278 g/mol. The maximum atomic E-state index is 11.7. The fourth-order valence-corrected chi connectivity index (χ4v) is 2.51. The lowest BCUT2D eigenvalue weighted by Crippen LogP contribution is -2.50. The zero-order chi connectivity index (χ0) is 14.4. The molecule has 1 atom stereocenters. The molecule has 1 aliphatic rings. The lowest BCUT2D eigenvalue weighted by atomic mass is 10.1. The van der Waals surface area contributed by atoms with E-state index in [0.29, 0.717) is 26.2 Å². The van der Waals surface area contributed by atoms with E-state index < -0.39 is 0 Å². The van der Waals surface area contributed by atoms with Gasteiger partial charge in [-0.15, -0.1) is 0 Å². The highest BCUT2D eigenvalue weighted by Gasteiger charge is 2.26. The highest BCUT2D eigenvalue weighted by atomic mass is 16.6. The Morgan fingerprint density at radius 3 is 2.55 bits per heavy atom. The van der Waals surface area contributed by atoms with E-state index in [1.165, 1.54) is 5.56 Å². The largest absolute Gasteiger partial charge is 0.450 e. The summed E-state index contributed by atoms with van der Waals surface area (Å²) in [5.74, 6) is 0. The van der Waals surface area contributed by atoms with Crippen LogP contribution in [0.5, 0.6) is 0 Å². The van der Waals surface area contributed by atoms with Crippen LogP contribution < -0.4 is 5.73 Å². The van der Waals surface area contributed by atoms with Crippen LogP contribution in [0.3, 0.4) is 0 Å². The minimum absolute atomic E-state index is 0.183. The van der Waals surface area contributed by atoms with Crippen LogP contribution in [0.25, 0.3) is 0 Å². The predicted molar refractivity (Wildman–Crippen MR) is 76.2 cm³/mol. The van der Waals surface area contributed by atoms with Crippen LogP contribution in [-0.4, -0.2) is 60.2 Å². The number of hydrogen-bond donors (Lipinski definition) is 1. The first-order chi connectivity index (χ1) is 9.76. The van der Waals surface area contributed by atoms with Gasteiger partial charge in [0.1, 0.15) is 0 Å². The van der Waals surface area contributed by atoms with Crippen molar-refractivity contribution in [1.29, 1.82) is 0 Å². The lowest BCUT2D eigenvalue weighted by molar-refractivity contribution is 0.0671. The summed E-state index contributed by atoms with van der Waals surface area (Å²) in [4.78, 5) is 19.8. The molecule has 1 aromatic rings. The van der Waals surface area contributed by atoms with E-state index in [0.717, 1.165) is 13.1 Å². The zero-order valence-electron chi connectivity index (χ0n) is 11.9. The van der Waals surface area contributed by atoms with Crippen LogP contribution in [-0.2, 0) is 4.74 Å². The van der Waals surface area contributed by atoms with E-state index >= 15 is 0 Å². The van der Waals surface area contributed by atoms with Crippen LogP contribution >= 0.6 is 0 Å². The second-order valence-corrected chi connectivity index (χ2v) is 4.75. The molecule has 1 aliphatic heterocycles. The number of hydrogen-bond acceptors (Lipinski definition) is 5. The van der Waals surface area contributed by atoms with Gasteiger partial charge in [0.2, 0.25) is 0 Å². The maximum absolute atomic E-state index is 11.7. The molecule has 110 valence electrons. The first kappa shape index (κ1) is 14.7. The molecule has 0 radical (unpaired) electrons. The normalized spacial score (nSPS) is 17.8. The Morgan fingerprint density at radius 2 is 2.00 bits per heavy atom. The molecule has 0 saturated carbocycles. The van der Waals surface area contributed by atoms with Gasteiger partial charge in [-0.05, 0) is 24.6 Å². The summed E-state index contributed by atoms with van der Waals surface area (Å²) in [5.41, 5.74) is 7.08. The third-order valence-corrected chi connectivity index (χ3v) is 3.60. The molecule has 0 bridgehead atoms. The van der Waals surface area contributed by atoms with E-state index in [-0.39, 0.29) is 12.1 Å². The molecular formula is C14H22N4O2. The maximum Gasteiger partial charge on any atom is 0.409 e. The van der Waals surface area contributed by atoms with Gasteiger partial charge < -0.3 is 15.4 Å². The fourth-order valence-electron chi connectivity index (χ4n) is 2.51. The number of carbonyl (C=O) groups excluding carboxylic acids is 1. The Bertz CT molecular complexity index is 418. The number of amides is 1. The van der Waals surface area contributed by atoms with Crippen molar-refractivity contribution in [3.05, 3.63) is 30.1 Å². The third kappa shape index (κ3) is 3.46. The van der Waals surface area contributed by atoms with E-state index in [1.54, 1.807) is 17.3 Å². The van der Waals surface area contributed by atoms with Gasteiger partial charge in [0.25, 0.3) is 0 Å². The summed E-state index contributed by atoms with van der Waals surface area (Å²) in [5, 5.41) is 0. The lowest BCUT2D eigenvalue weighted by Gasteiger charge is -2.38. The number of pyridine rings is 1. The highest BCUT2D eigenvalue weighted by Crippen LogP contribution is 2.20. The number of nitrogens with two attached hydrogens (primary N) is 1. The smallest absolute Gasteiger partial charge is 0.409 e. The van der Waals surface area contributed by atoms with E-state index in [4.69, 9.17) is 10.5 Å². The molecule has 2 N–H and O–H groups in total. The Labute approximate surface area is 119 Å². The van der Waals surface area contributed by atoms with Crippen molar-refractivity contribution in [3.63, 3.8) is 0 Å². The number of carbonyl (C=O) groups is 1. The number of rotatable bonds is 4.